The van der Waals surface area contributed by atoms with E-state index in [2.05, 4.69) is 25.9 Å². The molecule has 0 unspecified atom stereocenters. The van der Waals surface area contributed by atoms with Crippen LogP contribution in [0.15, 0.2) is 10.7 Å². The maximum atomic E-state index is 8.69. The third-order valence-corrected chi connectivity index (χ3v) is 1.69. The predicted molar refractivity (Wildman–Crippen MR) is 36.1 cm³/mol. The zero-order valence-corrected chi connectivity index (χ0v) is 6.38. The van der Waals surface area contributed by atoms with Crippen molar-refractivity contribution in [3.8, 4) is 6.01 Å². The second kappa shape index (κ2) is 2.31. The highest BCUT2D eigenvalue weighted by atomic mass is 79.9. The molecule has 0 fully saturated rings. The zero-order chi connectivity index (χ0) is 6.85. The minimum Gasteiger partial charge on any atom is -0.479 e. The van der Waals surface area contributed by atoms with Crippen molar-refractivity contribution in [2.45, 2.75) is 6.92 Å². The van der Waals surface area contributed by atoms with E-state index in [1.807, 2.05) is 0 Å². The van der Waals surface area contributed by atoms with Gasteiger partial charge in [-0.15, -0.1) is 0 Å². The SMILES string of the molecule is Cc1nc(O)ncc1Br. The molecule has 48 valence electrons. The van der Waals surface area contributed by atoms with E-state index in [4.69, 9.17) is 5.11 Å². The molecular formula is C5H5BrN2O. The highest BCUT2D eigenvalue weighted by Gasteiger charge is 1.95. The largest absolute Gasteiger partial charge is 0.479 e. The van der Waals surface area contributed by atoms with Gasteiger partial charge in [-0.2, -0.15) is 4.98 Å². The molecule has 1 aromatic rings. The maximum absolute atomic E-state index is 8.69. The number of rotatable bonds is 0. The third kappa shape index (κ3) is 1.38. The summed E-state index contributed by atoms with van der Waals surface area (Å²) in [5, 5.41) is 8.69. The van der Waals surface area contributed by atoms with Crippen molar-refractivity contribution in [2.24, 2.45) is 0 Å². The van der Waals surface area contributed by atoms with Crippen molar-refractivity contribution in [1.82, 2.24) is 9.97 Å². The first-order valence-electron chi connectivity index (χ1n) is 2.38. The van der Waals surface area contributed by atoms with Crippen LogP contribution in [-0.2, 0) is 0 Å². The topological polar surface area (TPSA) is 46.0 Å². The minimum atomic E-state index is -0.185. The van der Waals surface area contributed by atoms with Crippen LogP contribution < -0.4 is 0 Å². The molecule has 1 heterocycles. The van der Waals surface area contributed by atoms with Crippen LogP contribution in [0.3, 0.4) is 0 Å². The summed E-state index contributed by atoms with van der Waals surface area (Å²) in [6.07, 6.45) is 1.51. The van der Waals surface area contributed by atoms with Gasteiger partial charge in [0.05, 0.1) is 10.2 Å². The van der Waals surface area contributed by atoms with Gasteiger partial charge in [0.15, 0.2) is 0 Å². The Kier molecular flexibility index (Phi) is 1.66. The Labute approximate surface area is 60.9 Å². The molecule has 0 aliphatic carbocycles. The Balaban J connectivity index is 3.17. The summed E-state index contributed by atoms with van der Waals surface area (Å²) in [5.74, 6) is 0. The molecule has 1 N–H and O–H groups in total. The lowest BCUT2D eigenvalue weighted by atomic mass is 10.5. The van der Waals surface area contributed by atoms with Gasteiger partial charge in [-0.1, -0.05) is 0 Å². The summed E-state index contributed by atoms with van der Waals surface area (Å²) in [7, 11) is 0. The van der Waals surface area contributed by atoms with E-state index in [-0.39, 0.29) is 6.01 Å². The molecule has 0 atom stereocenters. The molecule has 0 bridgehead atoms. The third-order valence-electron chi connectivity index (χ3n) is 0.907. The Morgan fingerprint density at radius 2 is 2.33 bits per heavy atom. The monoisotopic (exact) mass is 188 g/mol. The Morgan fingerprint density at radius 3 is 2.78 bits per heavy atom. The molecule has 9 heavy (non-hydrogen) atoms. The highest BCUT2D eigenvalue weighted by molar-refractivity contribution is 9.10. The number of aromatic nitrogens is 2. The van der Waals surface area contributed by atoms with Crippen LogP contribution in [-0.4, -0.2) is 15.1 Å². The fraction of sp³-hybridized carbons (Fsp3) is 0.200. The standard InChI is InChI=1S/C5H5BrN2O/c1-3-4(6)2-7-5(9)8-3/h2H,1H3,(H,7,8,9). The lowest BCUT2D eigenvalue weighted by Gasteiger charge is -1.93. The number of hydrogen-bond acceptors (Lipinski definition) is 3. The quantitative estimate of drug-likeness (QED) is 0.667. The van der Waals surface area contributed by atoms with E-state index in [0.717, 1.165) is 10.2 Å². The molecule has 0 saturated heterocycles. The lowest BCUT2D eigenvalue weighted by Crippen LogP contribution is -1.84. The summed E-state index contributed by atoms with van der Waals surface area (Å²) in [4.78, 5) is 7.21. The van der Waals surface area contributed by atoms with Gasteiger partial charge in [-0.25, -0.2) is 4.98 Å². The van der Waals surface area contributed by atoms with Crippen LogP contribution in [0.25, 0.3) is 0 Å². The molecule has 0 saturated carbocycles. The Bertz CT molecular complexity index is 226. The zero-order valence-electron chi connectivity index (χ0n) is 4.80. The molecule has 3 nitrogen and oxygen atoms in total. The van der Waals surface area contributed by atoms with Crippen LogP contribution in [0.4, 0.5) is 0 Å². The average Bonchev–Trinajstić information content (AvgIpc) is 1.80. The van der Waals surface area contributed by atoms with E-state index in [1.54, 1.807) is 6.92 Å². The summed E-state index contributed by atoms with van der Waals surface area (Å²) in [6.45, 7) is 1.78. The Hall–Kier alpha value is -0.640. The fourth-order valence-corrected chi connectivity index (χ4v) is 0.631. The number of nitrogens with zero attached hydrogens (tertiary/aromatic N) is 2. The molecule has 0 aliphatic heterocycles. The summed E-state index contributed by atoms with van der Waals surface area (Å²) < 4.78 is 0.806. The van der Waals surface area contributed by atoms with Gasteiger partial charge < -0.3 is 5.11 Å². The molecular weight excluding hydrogens is 184 g/mol. The van der Waals surface area contributed by atoms with Crippen molar-refractivity contribution in [3.63, 3.8) is 0 Å². The molecule has 0 aromatic carbocycles. The van der Waals surface area contributed by atoms with E-state index in [1.165, 1.54) is 6.20 Å². The molecule has 1 rings (SSSR count). The first-order chi connectivity index (χ1) is 4.20. The van der Waals surface area contributed by atoms with Crippen molar-refractivity contribution in [1.29, 1.82) is 0 Å². The van der Waals surface area contributed by atoms with Crippen LogP contribution in [0.5, 0.6) is 6.01 Å². The fourth-order valence-electron chi connectivity index (χ4n) is 0.440. The first-order valence-corrected chi connectivity index (χ1v) is 3.17. The maximum Gasteiger partial charge on any atom is 0.314 e. The van der Waals surface area contributed by atoms with Crippen LogP contribution in [0.1, 0.15) is 5.69 Å². The number of aromatic hydroxyl groups is 1. The summed E-state index contributed by atoms with van der Waals surface area (Å²) in [6, 6.07) is -0.185. The van der Waals surface area contributed by atoms with E-state index in [9.17, 15) is 0 Å². The second-order valence-electron chi connectivity index (χ2n) is 1.60. The molecule has 1 aromatic heterocycles. The predicted octanol–water partition coefficient (Wildman–Crippen LogP) is 1.25. The number of halogens is 1. The van der Waals surface area contributed by atoms with Gasteiger partial charge in [-0.3, -0.25) is 0 Å². The van der Waals surface area contributed by atoms with Gasteiger partial charge in [0.1, 0.15) is 0 Å². The van der Waals surface area contributed by atoms with Crippen molar-refractivity contribution < 1.29 is 5.11 Å². The van der Waals surface area contributed by atoms with Gasteiger partial charge in [0.25, 0.3) is 0 Å². The first kappa shape index (κ1) is 6.48. The smallest absolute Gasteiger partial charge is 0.314 e. The molecule has 0 aliphatic rings. The van der Waals surface area contributed by atoms with Gasteiger partial charge in [0.2, 0.25) is 0 Å². The van der Waals surface area contributed by atoms with Gasteiger partial charge in [0, 0.05) is 6.20 Å². The van der Waals surface area contributed by atoms with Gasteiger partial charge >= 0.3 is 6.01 Å². The minimum absolute atomic E-state index is 0.185. The molecule has 4 heteroatoms. The van der Waals surface area contributed by atoms with Crippen LogP contribution in [0.2, 0.25) is 0 Å². The summed E-state index contributed by atoms with van der Waals surface area (Å²) in [5.41, 5.74) is 0.738. The normalized spacial score (nSPS) is 9.56. The van der Waals surface area contributed by atoms with Crippen molar-refractivity contribution >= 4 is 15.9 Å². The van der Waals surface area contributed by atoms with Crippen LogP contribution in [0, 0.1) is 6.92 Å². The van der Waals surface area contributed by atoms with Crippen LogP contribution >= 0.6 is 15.9 Å². The highest BCUT2D eigenvalue weighted by Crippen LogP contribution is 2.12. The average molecular weight is 189 g/mol. The van der Waals surface area contributed by atoms with Gasteiger partial charge in [-0.05, 0) is 22.9 Å². The number of aryl methyl sites for hydroxylation is 1. The lowest BCUT2D eigenvalue weighted by molar-refractivity contribution is 0.428. The van der Waals surface area contributed by atoms with Crippen molar-refractivity contribution in [3.05, 3.63) is 16.4 Å². The molecule has 0 amide bonds. The Morgan fingerprint density at radius 1 is 1.67 bits per heavy atom. The van der Waals surface area contributed by atoms with E-state index < -0.39 is 0 Å². The van der Waals surface area contributed by atoms with E-state index >= 15 is 0 Å². The second-order valence-corrected chi connectivity index (χ2v) is 2.46. The molecule has 0 spiro atoms. The van der Waals surface area contributed by atoms with Crippen molar-refractivity contribution in [2.75, 3.05) is 0 Å². The molecule has 0 radical (unpaired) electrons. The number of hydrogen-bond donors (Lipinski definition) is 1. The summed E-state index contributed by atoms with van der Waals surface area (Å²) >= 11 is 3.19. The van der Waals surface area contributed by atoms with E-state index in [0.29, 0.717) is 0 Å².